The lowest BCUT2D eigenvalue weighted by molar-refractivity contribution is 0.0601. The Bertz CT molecular complexity index is 312. The summed E-state index contributed by atoms with van der Waals surface area (Å²) in [6.45, 7) is 0. The second kappa shape index (κ2) is 3.08. The van der Waals surface area contributed by atoms with Gasteiger partial charge in [-0.2, -0.15) is 0 Å². The van der Waals surface area contributed by atoms with Gasteiger partial charge >= 0.3 is 5.97 Å². The number of methoxy groups -OCH3 is 1. The summed E-state index contributed by atoms with van der Waals surface area (Å²) in [5, 5.41) is 0. The molecule has 5 nitrogen and oxygen atoms in total. The maximum atomic E-state index is 11.0. The first-order valence-corrected chi connectivity index (χ1v) is 3.25. The quantitative estimate of drug-likeness (QED) is 0.576. The van der Waals surface area contributed by atoms with Crippen LogP contribution in [0.4, 0.5) is 11.6 Å². The molecule has 0 aliphatic heterocycles. The monoisotopic (exact) mass is 167 g/mol. The molecule has 1 rings (SSSR count). The zero-order chi connectivity index (χ0) is 9.14. The van der Waals surface area contributed by atoms with E-state index in [1.807, 2.05) is 0 Å². The van der Waals surface area contributed by atoms with Crippen LogP contribution in [0.5, 0.6) is 0 Å². The third-order valence-corrected chi connectivity index (χ3v) is 1.35. The number of carbonyl (C=O) groups excluding carboxylic acids is 1. The van der Waals surface area contributed by atoms with Crippen LogP contribution in [0, 0.1) is 0 Å². The molecule has 0 spiro atoms. The zero-order valence-corrected chi connectivity index (χ0v) is 6.57. The molecule has 0 aromatic carbocycles. The normalized spacial score (nSPS) is 9.42. The van der Waals surface area contributed by atoms with Crippen LogP contribution in [-0.4, -0.2) is 18.1 Å². The molecule has 5 heteroatoms. The third-order valence-electron chi connectivity index (χ3n) is 1.35. The highest BCUT2D eigenvalue weighted by Crippen LogP contribution is 2.11. The molecule has 0 radical (unpaired) electrons. The van der Waals surface area contributed by atoms with Crippen molar-refractivity contribution >= 4 is 17.6 Å². The lowest BCUT2D eigenvalue weighted by atomic mass is 10.2. The first-order valence-electron chi connectivity index (χ1n) is 3.25. The Labute approximate surface area is 69.3 Å². The van der Waals surface area contributed by atoms with Crippen molar-refractivity contribution in [3.63, 3.8) is 0 Å². The molecule has 64 valence electrons. The lowest BCUT2D eigenvalue weighted by Crippen LogP contribution is -2.08. The van der Waals surface area contributed by atoms with Crippen molar-refractivity contribution in [3.8, 4) is 0 Å². The molecule has 0 aliphatic carbocycles. The van der Waals surface area contributed by atoms with E-state index in [2.05, 4.69) is 9.72 Å². The number of pyridine rings is 1. The van der Waals surface area contributed by atoms with Gasteiger partial charge in [0.2, 0.25) is 0 Å². The van der Waals surface area contributed by atoms with Gasteiger partial charge in [0.1, 0.15) is 17.2 Å². The molecule has 0 atom stereocenters. The summed E-state index contributed by atoms with van der Waals surface area (Å²) in [6, 6.07) is 2.96. The number of hydrogen-bond acceptors (Lipinski definition) is 5. The van der Waals surface area contributed by atoms with Crippen molar-refractivity contribution < 1.29 is 9.53 Å². The van der Waals surface area contributed by atoms with Crippen molar-refractivity contribution in [3.05, 3.63) is 17.7 Å². The van der Waals surface area contributed by atoms with E-state index in [0.717, 1.165) is 0 Å². The molecule has 0 saturated heterocycles. The van der Waals surface area contributed by atoms with Gasteiger partial charge in [-0.25, -0.2) is 9.78 Å². The minimum Gasteiger partial charge on any atom is -0.465 e. The van der Waals surface area contributed by atoms with Gasteiger partial charge in [0, 0.05) is 0 Å². The fourth-order valence-electron chi connectivity index (χ4n) is 0.773. The van der Waals surface area contributed by atoms with Gasteiger partial charge in [-0.3, -0.25) is 0 Å². The van der Waals surface area contributed by atoms with Crippen LogP contribution in [0.15, 0.2) is 12.1 Å². The molecule has 0 unspecified atom stereocenters. The van der Waals surface area contributed by atoms with E-state index in [1.165, 1.54) is 19.2 Å². The summed E-state index contributed by atoms with van der Waals surface area (Å²) in [6.07, 6.45) is 0. The first-order chi connectivity index (χ1) is 5.65. The lowest BCUT2D eigenvalue weighted by Gasteiger charge is -2.02. The molecule has 4 N–H and O–H groups in total. The number of hydrogen-bond donors (Lipinski definition) is 2. The molecule has 1 heterocycles. The van der Waals surface area contributed by atoms with Gasteiger partial charge in [-0.1, -0.05) is 0 Å². The van der Waals surface area contributed by atoms with Crippen LogP contribution in [0.1, 0.15) is 10.4 Å². The average Bonchev–Trinajstić information content (AvgIpc) is 2.03. The molecule has 1 aromatic heterocycles. The Hall–Kier alpha value is -1.78. The molecular formula is C7H9N3O2. The molecule has 0 saturated carbocycles. The number of aromatic nitrogens is 1. The number of anilines is 2. The Morgan fingerprint density at radius 3 is 2.67 bits per heavy atom. The number of rotatable bonds is 1. The van der Waals surface area contributed by atoms with Crippen LogP contribution in [0.25, 0.3) is 0 Å². The van der Waals surface area contributed by atoms with Gasteiger partial charge in [0.25, 0.3) is 0 Å². The number of nitrogen functional groups attached to an aromatic ring is 2. The molecule has 12 heavy (non-hydrogen) atoms. The maximum Gasteiger partial charge on any atom is 0.341 e. The van der Waals surface area contributed by atoms with E-state index in [4.69, 9.17) is 11.5 Å². The fourth-order valence-corrected chi connectivity index (χ4v) is 0.773. The number of esters is 1. The second-order valence-electron chi connectivity index (χ2n) is 2.16. The van der Waals surface area contributed by atoms with Crippen LogP contribution in [0.3, 0.4) is 0 Å². The largest absolute Gasteiger partial charge is 0.465 e. The topological polar surface area (TPSA) is 91.2 Å². The van der Waals surface area contributed by atoms with Crippen LogP contribution in [-0.2, 0) is 4.74 Å². The van der Waals surface area contributed by atoms with Gasteiger partial charge in [0.15, 0.2) is 0 Å². The minimum atomic E-state index is -0.514. The van der Waals surface area contributed by atoms with Gasteiger partial charge < -0.3 is 16.2 Å². The highest BCUT2D eigenvalue weighted by molar-refractivity contribution is 5.94. The maximum absolute atomic E-state index is 11.0. The van der Waals surface area contributed by atoms with Crippen molar-refractivity contribution in [1.82, 2.24) is 4.98 Å². The third kappa shape index (κ3) is 1.45. The van der Waals surface area contributed by atoms with E-state index >= 15 is 0 Å². The highest BCUT2D eigenvalue weighted by atomic mass is 16.5. The summed E-state index contributed by atoms with van der Waals surface area (Å²) < 4.78 is 4.46. The first kappa shape index (κ1) is 8.32. The summed E-state index contributed by atoms with van der Waals surface area (Å²) in [4.78, 5) is 14.7. The Kier molecular flexibility index (Phi) is 2.14. The Morgan fingerprint density at radius 2 is 2.17 bits per heavy atom. The van der Waals surface area contributed by atoms with Crippen molar-refractivity contribution in [2.24, 2.45) is 0 Å². The van der Waals surface area contributed by atoms with E-state index in [1.54, 1.807) is 0 Å². The number of carbonyl (C=O) groups is 1. The molecule has 0 amide bonds. The predicted octanol–water partition coefficient (Wildman–Crippen LogP) is 0.0326. The van der Waals surface area contributed by atoms with E-state index in [-0.39, 0.29) is 17.2 Å². The van der Waals surface area contributed by atoms with E-state index < -0.39 is 5.97 Å². The molecular weight excluding hydrogens is 158 g/mol. The smallest absolute Gasteiger partial charge is 0.341 e. The van der Waals surface area contributed by atoms with E-state index in [0.29, 0.717) is 0 Å². The SMILES string of the molecule is COC(=O)c1ccc(N)nc1N. The van der Waals surface area contributed by atoms with Gasteiger partial charge in [-0.15, -0.1) is 0 Å². The van der Waals surface area contributed by atoms with Crippen LogP contribution >= 0.6 is 0 Å². The van der Waals surface area contributed by atoms with Crippen molar-refractivity contribution in [2.45, 2.75) is 0 Å². The molecule has 0 aliphatic rings. The second-order valence-corrected chi connectivity index (χ2v) is 2.16. The van der Waals surface area contributed by atoms with Gasteiger partial charge in [-0.05, 0) is 12.1 Å². The predicted molar refractivity (Wildman–Crippen MR) is 44.4 cm³/mol. The number of nitrogens with two attached hydrogens (primary N) is 2. The molecule has 0 fully saturated rings. The minimum absolute atomic E-state index is 0.0850. The van der Waals surface area contributed by atoms with Crippen molar-refractivity contribution in [2.75, 3.05) is 18.6 Å². The summed E-state index contributed by atoms with van der Waals surface area (Å²) in [7, 11) is 1.28. The molecule has 1 aromatic rings. The van der Waals surface area contributed by atoms with Gasteiger partial charge in [0.05, 0.1) is 7.11 Å². The highest BCUT2D eigenvalue weighted by Gasteiger charge is 2.09. The van der Waals surface area contributed by atoms with E-state index in [9.17, 15) is 4.79 Å². The zero-order valence-electron chi connectivity index (χ0n) is 6.57. The number of ether oxygens (including phenoxy) is 1. The van der Waals surface area contributed by atoms with Crippen LogP contribution in [0.2, 0.25) is 0 Å². The standard InChI is InChI=1S/C7H9N3O2/c1-12-7(11)4-2-3-5(8)10-6(4)9/h2-3H,1H3,(H4,8,9,10). The van der Waals surface area contributed by atoms with Crippen molar-refractivity contribution in [1.29, 1.82) is 0 Å². The summed E-state index contributed by atoms with van der Waals surface area (Å²) in [5.74, 6) is -0.151. The van der Waals surface area contributed by atoms with Crippen LogP contribution < -0.4 is 11.5 Å². The average molecular weight is 167 g/mol. The summed E-state index contributed by atoms with van der Waals surface area (Å²) in [5.41, 5.74) is 11.0. The Balaban J connectivity index is 3.09. The Morgan fingerprint density at radius 1 is 1.50 bits per heavy atom. The fraction of sp³-hybridized carbons (Fsp3) is 0.143. The summed E-state index contributed by atoms with van der Waals surface area (Å²) >= 11 is 0. The molecule has 0 bridgehead atoms. The number of nitrogens with zero attached hydrogens (tertiary/aromatic N) is 1.